The second-order valence-electron chi connectivity index (χ2n) is 7.34. The number of ether oxygens (including phenoxy) is 2. The Morgan fingerprint density at radius 3 is 2.68 bits per heavy atom. The van der Waals surface area contributed by atoms with Crippen LogP contribution in [0.15, 0.2) is 48.5 Å². The Labute approximate surface area is 164 Å². The maximum absolute atomic E-state index is 13.5. The minimum Gasteiger partial charge on any atom is -0.490 e. The molecule has 1 atom stereocenters. The summed E-state index contributed by atoms with van der Waals surface area (Å²) >= 11 is 0. The van der Waals surface area contributed by atoms with Crippen LogP contribution >= 0.6 is 0 Å². The minimum atomic E-state index is -0.322. The average molecular weight is 384 g/mol. The fourth-order valence-electron chi connectivity index (χ4n) is 3.76. The summed E-state index contributed by atoms with van der Waals surface area (Å²) in [5.41, 5.74) is 1.46. The van der Waals surface area contributed by atoms with Gasteiger partial charge in [0.05, 0.1) is 19.3 Å². The summed E-state index contributed by atoms with van der Waals surface area (Å²) in [4.78, 5) is 14.3. The van der Waals surface area contributed by atoms with Gasteiger partial charge < -0.3 is 19.7 Å². The zero-order chi connectivity index (χ0) is 19.3. The van der Waals surface area contributed by atoms with E-state index >= 15 is 0 Å². The molecule has 1 N–H and O–H groups in total. The van der Waals surface area contributed by atoms with Gasteiger partial charge in [-0.15, -0.1) is 0 Å². The van der Waals surface area contributed by atoms with Gasteiger partial charge >= 0.3 is 6.03 Å². The highest BCUT2D eigenvalue weighted by atomic mass is 19.1. The molecule has 1 unspecified atom stereocenters. The first-order valence-corrected chi connectivity index (χ1v) is 9.87. The lowest BCUT2D eigenvalue weighted by Crippen LogP contribution is -2.44. The zero-order valence-electron chi connectivity index (χ0n) is 15.8. The minimum absolute atomic E-state index is 0.186. The van der Waals surface area contributed by atoms with Crippen molar-refractivity contribution in [3.63, 3.8) is 0 Å². The number of amides is 2. The highest BCUT2D eigenvalue weighted by molar-refractivity contribution is 5.89. The fraction of sp³-hybridized carbons (Fsp3) is 0.409. The van der Waals surface area contributed by atoms with Gasteiger partial charge in [-0.2, -0.15) is 0 Å². The molecule has 2 amide bonds. The number of hydrogen-bond donors (Lipinski definition) is 1. The van der Waals surface area contributed by atoms with E-state index in [-0.39, 0.29) is 18.0 Å². The molecule has 6 heteroatoms. The molecule has 0 radical (unpaired) electrons. The number of halogens is 1. The molecule has 2 aromatic carbocycles. The second-order valence-corrected chi connectivity index (χ2v) is 7.34. The smallest absolute Gasteiger partial charge is 0.322 e. The second kappa shape index (κ2) is 8.61. The number of carbonyl (C=O) groups excluding carboxylic acids is 1. The predicted molar refractivity (Wildman–Crippen MR) is 105 cm³/mol. The molecular weight excluding hydrogens is 359 g/mol. The number of urea groups is 1. The highest BCUT2D eigenvalue weighted by Crippen LogP contribution is 2.26. The standard InChI is InChI=1S/C22H25FN2O3/c23-17-5-3-4-16(14-17)21-15-25(12-13-27-21)22(26)24-18-8-10-20(11-9-18)28-19-6-1-2-7-19/h3-5,8-11,14,19,21H,1-2,6-7,12-13,15H2,(H,24,26). The van der Waals surface area contributed by atoms with E-state index in [1.165, 1.54) is 25.0 Å². The maximum atomic E-state index is 13.5. The monoisotopic (exact) mass is 384 g/mol. The Morgan fingerprint density at radius 1 is 1.14 bits per heavy atom. The zero-order valence-corrected chi connectivity index (χ0v) is 15.8. The normalized spacial score (nSPS) is 20.2. The lowest BCUT2D eigenvalue weighted by atomic mass is 10.1. The Hall–Kier alpha value is -2.60. The molecule has 0 spiro atoms. The maximum Gasteiger partial charge on any atom is 0.322 e. The van der Waals surface area contributed by atoms with Gasteiger partial charge in [-0.1, -0.05) is 12.1 Å². The molecule has 0 bridgehead atoms. The van der Waals surface area contributed by atoms with Crippen LogP contribution in [0.25, 0.3) is 0 Å². The van der Waals surface area contributed by atoms with Gasteiger partial charge in [-0.3, -0.25) is 0 Å². The van der Waals surface area contributed by atoms with Gasteiger partial charge in [0.25, 0.3) is 0 Å². The summed E-state index contributed by atoms with van der Waals surface area (Å²) in [6.07, 6.45) is 4.68. The Balaban J connectivity index is 1.33. The number of carbonyl (C=O) groups is 1. The van der Waals surface area contributed by atoms with Crippen LogP contribution in [0.5, 0.6) is 5.75 Å². The molecule has 1 saturated carbocycles. The van der Waals surface area contributed by atoms with Gasteiger partial charge in [-0.25, -0.2) is 9.18 Å². The quantitative estimate of drug-likeness (QED) is 0.827. The van der Waals surface area contributed by atoms with Crippen molar-refractivity contribution in [2.45, 2.75) is 37.9 Å². The van der Waals surface area contributed by atoms with Gasteiger partial charge in [-0.05, 0) is 67.6 Å². The fourth-order valence-corrected chi connectivity index (χ4v) is 3.76. The van der Waals surface area contributed by atoms with Crippen LogP contribution in [0.2, 0.25) is 0 Å². The van der Waals surface area contributed by atoms with Crippen LogP contribution < -0.4 is 10.1 Å². The highest BCUT2D eigenvalue weighted by Gasteiger charge is 2.25. The van der Waals surface area contributed by atoms with E-state index in [0.29, 0.717) is 25.8 Å². The summed E-state index contributed by atoms with van der Waals surface area (Å²) < 4.78 is 25.1. The topological polar surface area (TPSA) is 50.8 Å². The third kappa shape index (κ3) is 4.62. The van der Waals surface area contributed by atoms with Crippen molar-refractivity contribution in [1.82, 2.24) is 4.90 Å². The number of benzene rings is 2. The molecule has 5 nitrogen and oxygen atoms in total. The summed E-state index contributed by atoms with van der Waals surface area (Å²) in [6.45, 7) is 1.31. The van der Waals surface area contributed by atoms with Crippen molar-refractivity contribution >= 4 is 11.7 Å². The van der Waals surface area contributed by atoms with Crippen molar-refractivity contribution in [1.29, 1.82) is 0 Å². The van der Waals surface area contributed by atoms with Crippen molar-refractivity contribution in [3.8, 4) is 5.75 Å². The average Bonchev–Trinajstić information content (AvgIpc) is 3.23. The number of anilines is 1. The molecule has 28 heavy (non-hydrogen) atoms. The summed E-state index contributed by atoms with van der Waals surface area (Å²) in [5.74, 6) is 0.532. The van der Waals surface area contributed by atoms with Gasteiger partial charge in [0.15, 0.2) is 0 Å². The van der Waals surface area contributed by atoms with Gasteiger partial charge in [0.2, 0.25) is 0 Å². The molecule has 2 aromatic rings. The third-order valence-corrected chi connectivity index (χ3v) is 5.28. The van der Waals surface area contributed by atoms with E-state index in [0.717, 1.165) is 29.8 Å². The number of nitrogens with one attached hydrogen (secondary N) is 1. The molecule has 1 aliphatic heterocycles. The lowest BCUT2D eigenvalue weighted by Gasteiger charge is -2.33. The van der Waals surface area contributed by atoms with Crippen LogP contribution in [0.4, 0.5) is 14.9 Å². The van der Waals surface area contributed by atoms with E-state index in [4.69, 9.17) is 9.47 Å². The van der Waals surface area contributed by atoms with E-state index in [2.05, 4.69) is 5.32 Å². The first-order valence-electron chi connectivity index (χ1n) is 9.87. The SMILES string of the molecule is O=C(Nc1ccc(OC2CCCC2)cc1)N1CCOC(c2cccc(F)c2)C1. The number of morpholine rings is 1. The van der Waals surface area contributed by atoms with E-state index < -0.39 is 0 Å². The largest absolute Gasteiger partial charge is 0.490 e. The summed E-state index contributed by atoms with van der Waals surface area (Å²) in [7, 11) is 0. The lowest BCUT2D eigenvalue weighted by molar-refractivity contribution is -0.0136. The van der Waals surface area contributed by atoms with Crippen molar-refractivity contribution in [2.24, 2.45) is 0 Å². The van der Waals surface area contributed by atoms with Crippen LogP contribution in [-0.2, 0) is 4.74 Å². The van der Waals surface area contributed by atoms with E-state index in [1.54, 1.807) is 11.0 Å². The predicted octanol–water partition coefficient (Wildman–Crippen LogP) is 4.75. The molecule has 148 valence electrons. The first kappa shape index (κ1) is 18.7. The Bertz CT molecular complexity index is 806. The van der Waals surface area contributed by atoms with Crippen molar-refractivity contribution < 1.29 is 18.7 Å². The van der Waals surface area contributed by atoms with Crippen molar-refractivity contribution in [3.05, 3.63) is 59.9 Å². The molecule has 1 saturated heterocycles. The molecule has 2 fully saturated rings. The third-order valence-electron chi connectivity index (χ3n) is 5.28. The molecule has 2 aliphatic rings. The number of hydrogen-bond acceptors (Lipinski definition) is 3. The first-order chi connectivity index (χ1) is 13.7. The van der Waals surface area contributed by atoms with Crippen LogP contribution in [-0.4, -0.2) is 36.7 Å². The van der Waals surface area contributed by atoms with Crippen LogP contribution in [0, 0.1) is 5.82 Å². The molecule has 4 rings (SSSR count). The van der Waals surface area contributed by atoms with E-state index in [9.17, 15) is 9.18 Å². The van der Waals surface area contributed by atoms with Gasteiger partial charge in [0.1, 0.15) is 17.7 Å². The Kier molecular flexibility index (Phi) is 5.76. The van der Waals surface area contributed by atoms with Crippen LogP contribution in [0.3, 0.4) is 0 Å². The molecule has 1 aliphatic carbocycles. The van der Waals surface area contributed by atoms with E-state index in [1.807, 2.05) is 30.3 Å². The molecule has 1 heterocycles. The Morgan fingerprint density at radius 2 is 1.93 bits per heavy atom. The molecule has 0 aromatic heterocycles. The summed E-state index contributed by atoms with van der Waals surface area (Å²) in [5, 5.41) is 2.92. The van der Waals surface area contributed by atoms with Crippen LogP contribution in [0.1, 0.15) is 37.4 Å². The van der Waals surface area contributed by atoms with Gasteiger partial charge in [0, 0.05) is 12.2 Å². The molecular formula is C22H25FN2O3. The number of rotatable bonds is 4. The van der Waals surface area contributed by atoms with Crippen molar-refractivity contribution in [2.75, 3.05) is 25.0 Å². The number of nitrogens with zero attached hydrogens (tertiary/aromatic N) is 1. The summed E-state index contributed by atoms with van der Waals surface area (Å²) in [6, 6.07) is 13.6.